The fraction of sp³-hybridized carbons (Fsp3) is 0.429. The maximum Gasteiger partial charge on any atom is 0.336 e. The summed E-state index contributed by atoms with van der Waals surface area (Å²) in [5.74, 6) is -4.56. The lowest BCUT2D eigenvalue weighted by molar-refractivity contribution is -0.153. The summed E-state index contributed by atoms with van der Waals surface area (Å²) in [7, 11) is -2.80. The lowest BCUT2D eigenvalue weighted by Crippen LogP contribution is -2.44. The highest BCUT2D eigenvalue weighted by Gasteiger charge is 2.29. The fourth-order valence-electron chi connectivity index (χ4n) is 7.14. The Morgan fingerprint density at radius 3 is 2.29 bits per heavy atom. The number of nitrogens with zero attached hydrogens (tertiary/aromatic N) is 3. The van der Waals surface area contributed by atoms with E-state index in [0.717, 1.165) is 42.4 Å². The van der Waals surface area contributed by atoms with Crippen LogP contribution in [0, 0.1) is 17.0 Å². The molecule has 14 nitrogen and oxygen atoms in total. The predicted octanol–water partition coefficient (Wildman–Crippen LogP) is 5.48. The van der Waals surface area contributed by atoms with Gasteiger partial charge < -0.3 is 15.4 Å². The van der Waals surface area contributed by atoms with Gasteiger partial charge in [-0.3, -0.25) is 23.7 Å². The zero-order valence-electron chi connectivity index (χ0n) is 33.4. The van der Waals surface area contributed by atoms with Gasteiger partial charge in [0.25, 0.3) is 21.5 Å². The second-order valence-electron chi connectivity index (χ2n) is 16.0. The molecule has 2 aliphatic carbocycles. The van der Waals surface area contributed by atoms with E-state index < -0.39 is 67.5 Å². The molecular formula is C42H48F2N6O8S. The van der Waals surface area contributed by atoms with Crippen molar-refractivity contribution in [3.63, 3.8) is 0 Å². The van der Waals surface area contributed by atoms with E-state index in [-0.39, 0.29) is 35.6 Å². The van der Waals surface area contributed by atoms with Crippen molar-refractivity contribution in [2.24, 2.45) is 12.5 Å². The first-order valence-electron chi connectivity index (χ1n) is 19.7. The van der Waals surface area contributed by atoms with E-state index in [1.165, 1.54) is 41.1 Å². The third kappa shape index (κ3) is 9.95. The Bertz CT molecular complexity index is 2470. The summed E-state index contributed by atoms with van der Waals surface area (Å²) in [5, 5.41) is 5.14. The van der Waals surface area contributed by atoms with Crippen molar-refractivity contribution >= 4 is 39.2 Å². The van der Waals surface area contributed by atoms with Crippen LogP contribution in [0.5, 0.6) is 0 Å². The second kappa shape index (κ2) is 17.6. The molecule has 0 spiro atoms. The maximum atomic E-state index is 15.5. The van der Waals surface area contributed by atoms with Crippen molar-refractivity contribution in [1.29, 1.82) is 0 Å². The Kier molecular flexibility index (Phi) is 12.8. The van der Waals surface area contributed by atoms with E-state index >= 15 is 8.78 Å². The highest BCUT2D eigenvalue weighted by Crippen LogP contribution is 2.26. The number of benzene rings is 2. The van der Waals surface area contributed by atoms with Crippen LogP contribution in [-0.2, 0) is 50.7 Å². The Hall–Kier alpha value is -5.71. The molecule has 2 aliphatic rings. The molecule has 3 N–H and O–H groups in total. The number of carbonyl (C=O) groups excluding carboxylic acids is 3. The van der Waals surface area contributed by atoms with Crippen LogP contribution in [0.25, 0.3) is 5.82 Å². The van der Waals surface area contributed by atoms with E-state index in [0.29, 0.717) is 54.6 Å². The molecule has 0 saturated heterocycles. The number of sulfonamides is 1. The van der Waals surface area contributed by atoms with Crippen LogP contribution in [0.1, 0.15) is 99.3 Å². The van der Waals surface area contributed by atoms with Crippen molar-refractivity contribution < 1.29 is 36.3 Å². The molecule has 0 radical (unpaired) electrons. The topological polar surface area (TPSA) is 188 Å². The van der Waals surface area contributed by atoms with Gasteiger partial charge in [-0.05, 0) is 106 Å². The summed E-state index contributed by atoms with van der Waals surface area (Å²) in [6.45, 7) is 5.14. The Labute approximate surface area is 340 Å². The van der Waals surface area contributed by atoms with E-state index in [4.69, 9.17) is 4.74 Å². The monoisotopic (exact) mass is 834 g/mol. The largest absolute Gasteiger partial charge is 0.461 e. The van der Waals surface area contributed by atoms with Gasteiger partial charge in [0.05, 0.1) is 16.1 Å². The number of ether oxygens (including phenoxy) is 1. The maximum absolute atomic E-state index is 15.5. The summed E-state index contributed by atoms with van der Waals surface area (Å²) in [6.07, 6.45) is 8.22. The number of nitrogens with one attached hydrogen (secondary N) is 3. The van der Waals surface area contributed by atoms with Crippen LogP contribution >= 0.6 is 0 Å². The number of halogens is 2. The summed E-state index contributed by atoms with van der Waals surface area (Å²) in [6, 6.07) is 8.02. The molecule has 1 fully saturated rings. The van der Waals surface area contributed by atoms with Crippen molar-refractivity contribution in [3.05, 3.63) is 110 Å². The minimum absolute atomic E-state index is 0.0282. The number of carbonyl (C=O) groups is 3. The fourth-order valence-corrected chi connectivity index (χ4v) is 8.20. The normalized spacial score (nSPS) is 15.2. The lowest BCUT2D eigenvalue weighted by Gasteiger charge is -2.25. The predicted molar refractivity (Wildman–Crippen MR) is 216 cm³/mol. The number of hydrogen-bond acceptors (Lipinski definition) is 9. The Morgan fingerprint density at radius 1 is 0.932 bits per heavy atom. The molecule has 2 aromatic heterocycles. The number of aromatic nitrogens is 3. The van der Waals surface area contributed by atoms with E-state index in [2.05, 4.69) is 15.6 Å². The van der Waals surface area contributed by atoms with Gasteiger partial charge in [-0.2, -0.15) is 0 Å². The third-order valence-corrected chi connectivity index (χ3v) is 12.0. The highest BCUT2D eigenvalue weighted by atomic mass is 32.2. The molecule has 1 atom stereocenters. The summed E-state index contributed by atoms with van der Waals surface area (Å²) < 4.78 is 67.3. The number of hydrogen-bond donors (Lipinski definition) is 3. The number of aryl methyl sites for hydroxylation is 1. The molecule has 0 aliphatic heterocycles. The summed E-state index contributed by atoms with van der Waals surface area (Å²) in [5.41, 5.74) is -0.883. The van der Waals surface area contributed by atoms with Gasteiger partial charge in [0, 0.05) is 41.7 Å². The number of esters is 1. The van der Waals surface area contributed by atoms with Gasteiger partial charge in [-0.15, -0.1) is 0 Å². The number of anilines is 2. The van der Waals surface area contributed by atoms with Crippen LogP contribution in [-0.4, -0.2) is 52.5 Å². The number of rotatable bonds is 12. The van der Waals surface area contributed by atoms with E-state index in [1.807, 2.05) is 4.72 Å². The molecule has 314 valence electrons. The molecule has 2 aromatic carbocycles. The molecule has 0 bridgehead atoms. The van der Waals surface area contributed by atoms with Crippen molar-refractivity contribution in [2.45, 2.75) is 108 Å². The van der Waals surface area contributed by atoms with Crippen LogP contribution in [0.15, 0.2) is 69.2 Å². The van der Waals surface area contributed by atoms with Gasteiger partial charge in [0.15, 0.2) is 0 Å². The summed E-state index contributed by atoms with van der Waals surface area (Å²) >= 11 is 0. The average Bonchev–Trinajstić information content (AvgIpc) is 3.20. The van der Waals surface area contributed by atoms with Crippen LogP contribution in [0.4, 0.5) is 20.2 Å². The van der Waals surface area contributed by atoms with E-state index in [9.17, 15) is 32.4 Å². The summed E-state index contributed by atoms with van der Waals surface area (Å²) in [4.78, 5) is 69.8. The standard InChI is InChI=1S/C42H48F2N6O8S/c1-42(2,3)40(54)46-26-16-18-28(19-17-26)59(56,57)48-34-23-31(43)30(22-32(34)44)37(51)47-33(39(53)58-27-10-6-5-7-11-27)20-14-25-15-21-36(45-24-25)50-38(52)29-12-8-9-13-35(29)49(4)41(50)55/h15-19,21-24,27,33,48H,5-14,20H2,1-4H3,(H,46,54)(H,47,51)/t33-/m0/s1. The molecule has 17 heteroatoms. The molecule has 0 unspecified atom stereocenters. The molecular weight excluding hydrogens is 787 g/mol. The molecule has 59 heavy (non-hydrogen) atoms. The van der Waals surface area contributed by atoms with Gasteiger partial charge in [-0.1, -0.05) is 33.3 Å². The molecule has 4 aromatic rings. The molecule has 1 saturated carbocycles. The van der Waals surface area contributed by atoms with Gasteiger partial charge in [0.1, 0.15) is 29.6 Å². The third-order valence-electron chi connectivity index (χ3n) is 10.6. The van der Waals surface area contributed by atoms with Gasteiger partial charge >= 0.3 is 11.7 Å². The lowest BCUT2D eigenvalue weighted by atomic mass is 9.95. The number of pyridine rings is 1. The first-order chi connectivity index (χ1) is 27.9. The molecule has 6 rings (SSSR count). The van der Waals surface area contributed by atoms with Crippen LogP contribution < -0.4 is 26.6 Å². The zero-order valence-corrected chi connectivity index (χ0v) is 34.2. The Morgan fingerprint density at radius 2 is 1.63 bits per heavy atom. The van der Waals surface area contributed by atoms with Crippen molar-refractivity contribution in [3.8, 4) is 5.82 Å². The molecule has 2 amide bonds. The second-order valence-corrected chi connectivity index (χ2v) is 17.7. The number of fused-ring (bicyclic) bond motifs is 1. The first kappa shape index (κ1) is 42.9. The highest BCUT2D eigenvalue weighted by molar-refractivity contribution is 7.92. The van der Waals surface area contributed by atoms with Crippen LogP contribution in [0.2, 0.25) is 0 Å². The first-order valence-corrected chi connectivity index (χ1v) is 21.1. The zero-order chi connectivity index (χ0) is 42.6. The van der Waals surface area contributed by atoms with E-state index in [1.54, 1.807) is 33.9 Å². The average molecular weight is 835 g/mol. The molecule has 2 heterocycles. The minimum atomic E-state index is -4.44. The minimum Gasteiger partial charge on any atom is -0.461 e. The van der Waals surface area contributed by atoms with Gasteiger partial charge in [-0.25, -0.2) is 36.3 Å². The quantitative estimate of drug-likeness (QED) is 0.155. The van der Waals surface area contributed by atoms with Crippen molar-refractivity contribution in [2.75, 3.05) is 10.0 Å². The Balaban J connectivity index is 1.17. The smallest absolute Gasteiger partial charge is 0.336 e. The SMILES string of the molecule is Cn1c2c(c(=O)n(-c3ccc(CC[C@H](NC(=O)c4cc(F)c(NS(=O)(=O)c5ccc(NC(=O)C(C)(C)C)cc5)cc4F)C(=O)OC4CCCCC4)cn3)c1=O)CCCC2. The van der Waals surface area contributed by atoms with Crippen molar-refractivity contribution in [1.82, 2.24) is 19.4 Å². The number of amides is 2. The van der Waals surface area contributed by atoms with Crippen LogP contribution in [0.3, 0.4) is 0 Å². The van der Waals surface area contributed by atoms with Gasteiger partial charge in [0.2, 0.25) is 5.91 Å².